The van der Waals surface area contributed by atoms with Crippen LogP contribution in [0.4, 0.5) is 17.5 Å². The zero-order valence-electron chi connectivity index (χ0n) is 19.0. The van der Waals surface area contributed by atoms with Crippen molar-refractivity contribution in [3.8, 4) is 0 Å². The molecule has 1 aliphatic rings. The van der Waals surface area contributed by atoms with Crippen LogP contribution in [0.3, 0.4) is 0 Å². The number of rotatable bonds is 5. The van der Waals surface area contributed by atoms with E-state index in [4.69, 9.17) is 0 Å². The average molecular weight is 452 g/mol. The van der Waals surface area contributed by atoms with Gasteiger partial charge in [-0.1, -0.05) is 35.4 Å². The lowest BCUT2D eigenvalue weighted by atomic mass is 10.2. The highest BCUT2D eigenvalue weighted by Crippen LogP contribution is 2.24. The highest BCUT2D eigenvalue weighted by Gasteiger charge is 2.30. The molecule has 1 saturated heterocycles. The minimum Gasteiger partial charge on any atom is -0.354 e. The van der Waals surface area contributed by atoms with Gasteiger partial charge in [0.15, 0.2) is 0 Å². The Labute approximate surface area is 190 Å². The second-order valence-electron chi connectivity index (χ2n) is 8.34. The van der Waals surface area contributed by atoms with Crippen molar-refractivity contribution in [2.24, 2.45) is 0 Å². The Morgan fingerprint density at radius 2 is 1.47 bits per heavy atom. The Hall–Kier alpha value is -2.97. The van der Waals surface area contributed by atoms with E-state index >= 15 is 0 Å². The van der Waals surface area contributed by atoms with Crippen molar-refractivity contribution in [3.05, 3.63) is 70.9 Å². The van der Waals surface area contributed by atoms with Crippen molar-refractivity contribution < 1.29 is 8.42 Å². The fraction of sp³-hybridized carbons (Fsp3) is 0.333. The minimum atomic E-state index is -3.51. The Morgan fingerprint density at radius 3 is 2.12 bits per heavy atom. The molecule has 0 saturated carbocycles. The van der Waals surface area contributed by atoms with E-state index in [0.717, 1.165) is 28.3 Å². The number of hydrogen-bond donors (Lipinski definition) is 1. The second kappa shape index (κ2) is 8.88. The maximum absolute atomic E-state index is 13.2. The van der Waals surface area contributed by atoms with Crippen molar-refractivity contribution in [3.63, 3.8) is 0 Å². The number of aryl methyl sites for hydroxylation is 4. The lowest BCUT2D eigenvalue weighted by molar-refractivity contribution is 0.383. The van der Waals surface area contributed by atoms with E-state index < -0.39 is 10.0 Å². The van der Waals surface area contributed by atoms with Crippen LogP contribution in [0, 0.1) is 27.7 Å². The smallest absolute Gasteiger partial charge is 0.243 e. The third-order valence-corrected chi connectivity index (χ3v) is 7.72. The molecule has 0 aliphatic carbocycles. The first-order valence-electron chi connectivity index (χ1n) is 10.7. The zero-order chi connectivity index (χ0) is 22.9. The quantitative estimate of drug-likeness (QED) is 0.633. The summed E-state index contributed by atoms with van der Waals surface area (Å²) in [5, 5.41) is 3.26. The monoisotopic (exact) mass is 451 g/mol. The molecule has 168 valence electrons. The van der Waals surface area contributed by atoms with Gasteiger partial charge in [-0.05, 0) is 51.5 Å². The molecule has 0 radical (unpaired) electrons. The molecule has 2 heterocycles. The van der Waals surface area contributed by atoms with Crippen LogP contribution in [0.2, 0.25) is 0 Å². The molecule has 1 aromatic heterocycles. The van der Waals surface area contributed by atoms with Gasteiger partial charge in [0.25, 0.3) is 0 Å². The van der Waals surface area contributed by atoms with Crippen LogP contribution >= 0.6 is 0 Å². The highest BCUT2D eigenvalue weighted by atomic mass is 32.2. The third kappa shape index (κ3) is 4.76. The van der Waals surface area contributed by atoms with Gasteiger partial charge in [0.2, 0.25) is 16.0 Å². The summed E-state index contributed by atoms with van der Waals surface area (Å²) < 4.78 is 27.9. The Bertz CT molecular complexity index is 1220. The second-order valence-corrected chi connectivity index (χ2v) is 10.2. The first-order chi connectivity index (χ1) is 15.2. The van der Waals surface area contributed by atoms with Crippen LogP contribution in [0.15, 0.2) is 53.4 Å². The molecule has 0 atom stereocenters. The van der Waals surface area contributed by atoms with Gasteiger partial charge in [0, 0.05) is 43.6 Å². The molecule has 0 unspecified atom stereocenters. The van der Waals surface area contributed by atoms with Gasteiger partial charge in [0.05, 0.1) is 4.90 Å². The molecule has 1 fully saturated rings. The number of hydrogen-bond acceptors (Lipinski definition) is 6. The first kappa shape index (κ1) is 22.2. The summed E-state index contributed by atoms with van der Waals surface area (Å²) in [5.74, 6) is 1.34. The van der Waals surface area contributed by atoms with Crippen LogP contribution in [0.5, 0.6) is 0 Å². The third-order valence-electron chi connectivity index (χ3n) is 5.66. The summed E-state index contributed by atoms with van der Waals surface area (Å²) in [7, 11) is -3.51. The molecule has 3 aromatic rings. The Kier molecular flexibility index (Phi) is 6.17. The highest BCUT2D eigenvalue weighted by molar-refractivity contribution is 7.89. The molecular formula is C24H29N5O2S. The van der Waals surface area contributed by atoms with Gasteiger partial charge >= 0.3 is 0 Å². The maximum atomic E-state index is 13.2. The van der Waals surface area contributed by atoms with Crippen LogP contribution < -0.4 is 10.2 Å². The number of anilines is 3. The molecule has 4 rings (SSSR count). The van der Waals surface area contributed by atoms with E-state index in [1.54, 1.807) is 10.4 Å². The molecule has 8 heteroatoms. The maximum Gasteiger partial charge on any atom is 0.243 e. The topological polar surface area (TPSA) is 78.4 Å². The van der Waals surface area contributed by atoms with E-state index in [0.29, 0.717) is 37.0 Å². The van der Waals surface area contributed by atoms with Gasteiger partial charge in [-0.15, -0.1) is 0 Å². The van der Waals surface area contributed by atoms with E-state index in [1.165, 1.54) is 5.56 Å². The summed E-state index contributed by atoms with van der Waals surface area (Å²) in [6.07, 6.45) is 0. The predicted octanol–water partition coefficient (Wildman–Crippen LogP) is 3.96. The summed E-state index contributed by atoms with van der Waals surface area (Å²) in [4.78, 5) is 11.7. The summed E-state index contributed by atoms with van der Waals surface area (Å²) in [5.41, 5.74) is 4.81. The van der Waals surface area contributed by atoms with Crippen LogP contribution in [-0.2, 0) is 10.0 Å². The van der Waals surface area contributed by atoms with Gasteiger partial charge in [-0.2, -0.15) is 9.29 Å². The van der Waals surface area contributed by atoms with Crippen molar-refractivity contribution in [1.29, 1.82) is 0 Å². The SMILES string of the molecule is Cc1ccc(Nc2nc(C)cc(N3CCN(S(=O)(=O)c4ccc(C)cc4C)CC3)n2)cc1. The molecule has 7 nitrogen and oxygen atoms in total. The number of benzene rings is 2. The average Bonchev–Trinajstić information content (AvgIpc) is 2.75. The number of nitrogens with one attached hydrogen (secondary N) is 1. The molecule has 1 aliphatic heterocycles. The van der Waals surface area contributed by atoms with Gasteiger partial charge in [-0.3, -0.25) is 0 Å². The van der Waals surface area contributed by atoms with Crippen LogP contribution in [0.1, 0.15) is 22.4 Å². The number of piperazine rings is 1. The summed E-state index contributed by atoms with van der Waals surface area (Å²) in [6, 6.07) is 15.5. The van der Waals surface area contributed by atoms with Gasteiger partial charge < -0.3 is 10.2 Å². The lowest BCUT2D eigenvalue weighted by Gasteiger charge is -2.35. The molecule has 2 aromatic carbocycles. The van der Waals surface area contributed by atoms with E-state index in [1.807, 2.05) is 70.2 Å². The van der Waals surface area contributed by atoms with Crippen molar-refractivity contribution in [2.75, 3.05) is 36.4 Å². The molecule has 32 heavy (non-hydrogen) atoms. The molecule has 0 amide bonds. The fourth-order valence-electron chi connectivity index (χ4n) is 3.92. The number of sulfonamides is 1. The molecule has 0 bridgehead atoms. The minimum absolute atomic E-state index is 0.388. The standard InChI is InChI=1S/C24H29N5O2S/c1-17-5-8-21(9-6-17)26-24-25-20(4)16-23(27-24)28-11-13-29(14-12-28)32(30,31)22-10-7-18(2)15-19(22)3/h5-10,15-16H,11-14H2,1-4H3,(H,25,26,27). The van der Waals surface area contributed by atoms with E-state index in [-0.39, 0.29) is 0 Å². The summed E-state index contributed by atoms with van der Waals surface area (Å²) in [6.45, 7) is 9.78. The fourth-order valence-corrected chi connectivity index (χ4v) is 5.55. The lowest BCUT2D eigenvalue weighted by Crippen LogP contribution is -2.49. The Balaban J connectivity index is 1.48. The van der Waals surface area contributed by atoms with Crippen LogP contribution in [0.25, 0.3) is 0 Å². The van der Waals surface area contributed by atoms with Crippen LogP contribution in [-0.4, -0.2) is 48.9 Å². The molecule has 1 N–H and O–H groups in total. The molecule has 0 spiro atoms. The van der Waals surface area contributed by atoms with E-state index in [9.17, 15) is 8.42 Å². The largest absolute Gasteiger partial charge is 0.354 e. The van der Waals surface area contributed by atoms with Crippen molar-refractivity contribution in [1.82, 2.24) is 14.3 Å². The van der Waals surface area contributed by atoms with Crippen molar-refractivity contribution >= 4 is 27.5 Å². The first-order valence-corrected chi connectivity index (χ1v) is 12.2. The molecular weight excluding hydrogens is 422 g/mol. The normalized spacial score (nSPS) is 15.1. The Morgan fingerprint density at radius 1 is 0.812 bits per heavy atom. The summed E-state index contributed by atoms with van der Waals surface area (Å²) >= 11 is 0. The predicted molar refractivity (Wildman–Crippen MR) is 128 cm³/mol. The van der Waals surface area contributed by atoms with E-state index in [2.05, 4.69) is 20.2 Å². The number of nitrogens with zero attached hydrogens (tertiary/aromatic N) is 4. The zero-order valence-corrected chi connectivity index (χ0v) is 19.8. The van der Waals surface area contributed by atoms with Crippen molar-refractivity contribution in [2.45, 2.75) is 32.6 Å². The van der Waals surface area contributed by atoms with Gasteiger partial charge in [0.1, 0.15) is 5.82 Å². The number of aromatic nitrogens is 2. The van der Waals surface area contributed by atoms with Gasteiger partial charge in [-0.25, -0.2) is 13.4 Å².